The molecular formula is C13H8ClF5N2. The summed E-state index contributed by atoms with van der Waals surface area (Å²) in [5.74, 6) is -2.49. The summed E-state index contributed by atoms with van der Waals surface area (Å²) in [6.45, 7) is 0. The molecule has 0 atom stereocenters. The fourth-order valence-corrected chi connectivity index (χ4v) is 1.79. The Bertz CT molecular complexity index is 685. The molecule has 0 saturated carbocycles. The van der Waals surface area contributed by atoms with Crippen molar-refractivity contribution in [2.75, 3.05) is 11.1 Å². The molecule has 0 fully saturated rings. The van der Waals surface area contributed by atoms with Gasteiger partial charge in [0.05, 0.1) is 22.0 Å². The summed E-state index contributed by atoms with van der Waals surface area (Å²) in [6.07, 6.45) is -4.59. The van der Waals surface area contributed by atoms with Crippen molar-refractivity contribution in [2.24, 2.45) is 0 Å². The summed E-state index contributed by atoms with van der Waals surface area (Å²) in [7, 11) is 0. The summed E-state index contributed by atoms with van der Waals surface area (Å²) in [5, 5.41) is 2.20. The van der Waals surface area contributed by atoms with Crippen LogP contribution in [0, 0.1) is 11.6 Å². The van der Waals surface area contributed by atoms with Gasteiger partial charge in [-0.1, -0.05) is 11.6 Å². The highest BCUT2D eigenvalue weighted by molar-refractivity contribution is 6.33. The van der Waals surface area contributed by atoms with Gasteiger partial charge in [0.2, 0.25) is 0 Å². The van der Waals surface area contributed by atoms with Crippen molar-refractivity contribution in [2.45, 2.75) is 6.18 Å². The van der Waals surface area contributed by atoms with Crippen molar-refractivity contribution >= 4 is 28.7 Å². The molecule has 2 aromatic carbocycles. The first-order chi connectivity index (χ1) is 9.70. The third kappa shape index (κ3) is 3.18. The first-order valence-electron chi connectivity index (χ1n) is 5.57. The molecule has 112 valence electrons. The number of anilines is 3. The van der Waals surface area contributed by atoms with Gasteiger partial charge in [-0.25, -0.2) is 8.78 Å². The molecule has 0 heterocycles. The second-order valence-corrected chi connectivity index (χ2v) is 4.55. The maximum Gasteiger partial charge on any atom is 0.416 e. The van der Waals surface area contributed by atoms with E-state index < -0.39 is 29.1 Å². The van der Waals surface area contributed by atoms with E-state index in [0.29, 0.717) is 6.07 Å². The van der Waals surface area contributed by atoms with E-state index in [4.69, 9.17) is 17.3 Å². The Morgan fingerprint density at radius 3 is 2.33 bits per heavy atom. The molecule has 0 amide bonds. The van der Waals surface area contributed by atoms with Gasteiger partial charge < -0.3 is 11.1 Å². The monoisotopic (exact) mass is 322 g/mol. The van der Waals surface area contributed by atoms with Crippen molar-refractivity contribution in [1.82, 2.24) is 0 Å². The lowest BCUT2D eigenvalue weighted by molar-refractivity contribution is -0.137. The number of halogens is 6. The van der Waals surface area contributed by atoms with E-state index in [1.807, 2.05) is 0 Å². The van der Waals surface area contributed by atoms with E-state index in [2.05, 4.69) is 5.32 Å². The number of hydrogen-bond acceptors (Lipinski definition) is 2. The van der Waals surface area contributed by atoms with Crippen molar-refractivity contribution in [3.05, 3.63) is 52.6 Å². The SMILES string of the molecule is Nc1ccc(F)c(F)c1Nc1cc(C(F)(F)F)ccc1Cl. The fraction of sp³-hybridized carbons (Fsp3) is 0.0769. The molecule has 0 bridgehead atoms. The minimum absolute atomic E-state index is 0.0916. The van der Waals surface area contributed by atoms with Crippen LogP contribution in [0.25, 0.3) is 0 Å². The highest BCUT2D eigenvalue weighted by Crippen LogP contribution is 2.36. The molecule has 0 aliphatic rings. The van der Waals surface area contributed by atoms with E-state index in [-0.39, 0.29) is 16.4 Å². The highest BCUT2D eigenvalue weighted by Gasteiger charge is 2.31. The van der Waals surface area contributed by atoms with E-state index in [0.717, 1.165) is 24.3 Å². The van der Waals surface area contributed by atoms with Crippen LogP contribution in [-0.2, 0) is 6.18 Å². The van der Waals surface area contributed by atoms with E-state index >= 15 is 0 Å². The Morgan fingerprint density at radius 1 is 1.05 bits per heavy atom. The molecule has 21 heavy (non-hydrogen) atoms. The third-order valence-electron chi connectivity index (χ3n) is 2.68. The number of alkyl halides is 3. The van der Waals surface area contributed by atoms with Crippen LogP contribution in [0.2, 0.25) is 5.02 Å². The fourth-order valence-electron chi connectivity index (χ4n) is 1.62. The third-order valence-corrected chi connectivity index (χ3v) is 3.01. The molecule has 8 heteroatoms. The summed E-state index contributed by atoms with van der Waals surface area (Å²) >= 11 is 5.75. The van der Waals surface area contributed by atoms with Gasteiger partial charge in [-0.05, 0) is 30.3 Å². The standard InChI is InChI=1S/C13H8ClF5N2/c14-7-2-1-6(13(17,18)19)5-10(7)21-12-9(20)4-3-8(15)11(12)16/h1-5,21H,20H2. The van der Waals surface area contributed by atoms with Gasteiger partial charge in [-0.2, -0.15) is 13.2 Å². The predicted molar refractivity (Wildman–Crippen MR) is 70.5 cm³/mol. The largest absolute Gasteiger partial charge is 0.416 e. The summed E-state index contributed by atoms with van der Waals surface area (Å²) in [5.41, 5.74) is 3.62. The van der Waals surface area contributed by atoms with Gasteiger partial charge in [-0.15, -0.1) is 0 Å². The first-order valence-corrected chi connectivity index (χ1v) is 5.95. The van der Waals surface area contributed by atoms with Crippen molar-refractivity contribution in [1.29, 1.82) is 0 Å². The normalized spacial score (nSPS) is 11.5. The highest BCUT2D eigenvalue weighted by atomic mass is 35.5. The van der Waals surface area contributed by atoms with Gasteiger partial charge >= 0.3 is 6.18 Å². The van der Waals surface area contributed by atoms with Crippen LogP contribution >= 0.6 is 11.6 Å². The number of benzene rings is 2. The van der Waals surface area contributed by atoms with Crippen molar-refractivity contribution in [3.63, 3.8) is 0 Å². The van der Waals surface area contributed by atoms with Gasteiger partial charge in [0.1, 0.15) is 5.69 Å². The molecule has 0 aliphatic heterocycles. The average Bonchev–Trinajstić information content (AvgIpc) is 2.40. The number of nitrogens with one attached hydrogen (secondary N) is 1. The Morgan fingerprint density at radius 2 is 1.71 bits per heavy atom. The van der Waals surface area contributed by atoms with Crippen LogP contribution < -0.4 is 11.1 Å². The molecule has 3 N–H and O–H groups in total. The first kappa shape index (κ1) is 15.4. The zero-order valence-electron chi connectivity index (χ0n) is 10.2. The zero-order valence-corrected chi connectivity index (χ0v) is 11.0. The molecule has 0 saturated heterocycles. The van der Waals surface area contributed by atoms with Gasteiger partial charge in [-0.3, -0.25) is 0 Å². The van der Waals surface area contributed by atoms with Crippen molar-refractivity contribution < 1.29 is 22.0 Å². The van der Waals surface area contributed by atoms with Crippen LogP contribution in [-0.4, -0.2) is 0 Å². The lowest BCUT2D eigenvalue weighted by atomic mass is 10.1. The average molecular weight is 323 g/mol. The predicted octanol–water partition coefficient (Wildman–Crippen LogP) is 4.96. The summed E-state index contributed by atoms with van der Waals surface area (Å²) in [4.78, 5) is 0. The van der Waals surface area contributed by atoms with Gasteiger partial charge in [0.15, 0.2) is 11.6 Å². The number of nitrogens with two attached hydrogens (primary N) is 1. The Kier molecular flexibility index (Phi) is 3.95. The topological polar surface area (TPSA) is 38.0 Å². The molecule has 2 nitrogen and oxygen atoms in total. The molecule has 0 aromatic heterocycles. The smallest absolute Gasteiger partial charge is 0.397 e. The van der Waals surface area contributed by atoms with E-state index in [1.165, 1.54) is 0 Å². The number of rotatable bonds is 2. The van der Waals surface area contributed by atoms with Crippen LogP contribution in [0.4, 0.5) is 39.0 Å². The minimum atomic E-state index is -4.59. The molecule has 0 aliphatic carbocycles. The Labute approximate surface area is 121 Å². The summed E-state index contributed by atoms with van der Waals surface area (Å²) in [6, 6.07) is 4.36. The summed E-state index contributed by atoms with van der Waals surface area (Å²) < 4.78 is 64.7. The molecule has 2 aromatic rings. The second-order valence-electron chi connectivity index (χ2n) is 4.14. The van der Waals surface area contributed by atoms with Crippen LogP contribution in [0.3, 0.4) is 0 Å². The van der Waals surface area contributed by atoms with Crippen molar-refractivity contribution in [3.8, 4) is 0 Å². The minimum Gasteiger partial charge on any atom is -0.397 e. The molecule has 2 rings (SSSR count). The molecular weight excluding hydrogens is 315 g/mol. The van der Waals surface area contributed by atoms with E-state index in [9.17, 15) is 22.0 Å². The van der Waals surface area contributed by atoms with Crippen LogP contribution in [0.5, 0.6) is 0 Å². The Hall–Kier alpha value is -2.02. The Balaban J connectivity index is 2.47. The van der Waals surface area contributed by atoms with Crippen LogP contribution in [0.1, 0.15) is 5.56 Å². The lowest BCUT2D eigenvalue weighted by Crippen LogP contribution is -2.07. The quantitative estimate of drug-likeness (QED) is 0.605. The van der Waals surface area contributed by atoms with Crippen LogP contribution in [0.15, 0.2) is 30.3 Å². The zero-order chi connectivity index (χ0) is 15.8. The maximum atomic E-state index is 13.6. The van der Waals surface area contributed by atoms with E-state index in [1.54, 1.807) is 0 Å². The maximum absolute atomic E-state index is 13.6. The van der Waals surface area contributed by atoms with Gasteiger partial charge in [0, 0.05) is 0 Å². The molecule has 0 spiro atoms. The second kappa shape index (κ2) is 5.40. The molecule has 0 unspecified atom stereocenters. The molecule has 0 radical (unpaired) electrons. The van der Waals surface area contributed by atoms with Gasteiger partial charge in [0.25, 0.3) is 0 Å². The lowest BCUT2D eigenvalue weighted by Gasteiger charge is -2.14. The number of nitrogen functional groups attached to an aromatic ring is 1. The number of hydrogen-bond donors (Lipinski definition) is 2.